The van der Waals surface area contributed by atoms with Crippen molar-refractivity contribution in [3.05, 3.63) is 17.7 Å². The van der Waals surface area contributed by atoms with Gasteiger partial charge in [0.15, 0.2) is 0 Å². The van der Waals surface area contributed by atoms with E-state index >= 15 is 0 Å². The number of nitrogens with two attached hydrogens (primary N) is 2. The molecule has 0 amide bonds. The summed E-state index contributed by atoms with van der Waals surface area (Å²) in [7, 11) is 0. The number of anilines is 1. The summed E-state index contributed by atoms with van der Waals surface area (Å²) in [4.78, 5) is 2.31. The van der Waals surface area contributed by atoms with Crippen LogP contribution in [0.15, 0.2) is 21.9 Å². The zero-order chi connectivity index (χ0) is 10.6. The minimum absolute atomic E-state index is 0.686. The Bertz CT molecular complexity index is 288. The maximum atomic E-state index is 6.00. The van der Waals surface area contributed by atoms with Gasteiger partial charge in [-0.2, -0.15) is 0 Å². The molecule has 0 heterocycles. The van der Waals surface area contributed by atoms with Crippen LogP contribution in [-0.2, 0) is 6.42 Å². The standard InChI is InChI=1S/C10H16N2S2/c1-13-8-5-7(3-4-11)6-9(14-2)10(8)12/h5-6H,3-4,11-12H2,1-2H3. The highest BCUT2D eigenvalue weighted by molar-refractivity contribution is 7.99. The third-order valence-electron chi connectivity index (χ3n) is 2.04. The maximum absolute atomic E-state index is 6.00. The third-order valence-corrected chi connectivity index (χ3v) is 3.59. The molecule has 4 N–H and O–H groups in total. The van der Waals surface area contributed by atoms with E-state index in [0.29, 0.717) is 6.54 Å². The molecule has 0 saturated heterocycles. The number of hydrogen-bond donors (Lipinski definition) is 2. The van der Waals surface area contributed by atoms with Gasteiger partial charge in [-0.05, 0) is 43.2 Å². The van der Waals surface area contributed by atoms with E-state index in [1.54, 1.807) is 23.5 Å². The van der Waals surface area contributed by atoms with Crippen molar-refractivity contribution in [3.63, 3.8) is 0 Å². The van der Waals surface area contributed by atoms with Crippen LogP contribution in [0.25, 0.3) is 0 Å². The van der Waals surface area contributed by atoms with Crippen LogP contribution in [-0.4, -0.2) is 19.1 Å². The maximum Gasteiger partial charge on any atom is 0.0590 e. The van der Waals surface area contributed by atoms with Gasteiger partial charge in [0.05, 0.1) is 5.69 Å². The highest BCUT2D eigenvalue weighted by Crippen LogP contribution is 2.33. The van der Waals surface area contributed by atoms with Crippen LogP contribution in [0.5, 0.6) is 0 Å². The first-order chi connectivity index (χ1) is 6.72. The van der Waals surface area contributed by atoms with Crippen molar-refractivity contribution in [1.82, 2.24) is 0 Å². The summed E-state index contributed by atoms with van der Waals surface area (Å²) in [6.45, 7) is 0.686. The molecule has 0 fully saturated rings. The van der Waals surface area contributed by atoms with Crippen LogP contribution in [0.4, 0.5) is 5.69 Å². The van der Waals surface area contributed by atoms with Crippen molar-refractivity contribution in [2.45, 2.75) is 16.2 Å². The molecule has 0 atom stereocenters. The molecule has 0 aliphatic rings. The van der Waals surface area contributed by atoms with Gasteiger partial charge in [0, 0.05) is 9.79 Å². The van der Waals surface area contributed by atoms with Gasteiger partial charge < -0.3 is 11.5 Å². The fraction of sp³-hybridized carbons (Fsp3) is 0.400. The van der Waals surface area contributed by atoms with Crippen molar-refractivity contribution in [2.75, 3.05) is 24.8 Å². The SMILES string of the molecule is CSc1cc(CCN)cc(SC)c1N. The molecule has 0 aromatic heterocycles. The Kier molecular flexibility index (Phi) is 4.65. The average Bonchev–Trinajstić information content (AvgIpc) is 2.20. The zero-order valence-electron chi connectivity index (χ0n) is 8.54. The molecule has 0 saturated carbocycles. The fourth-order valence-electron chi connectivity index (χ4n) is 1.30. The summed E-state index contributed by atoms with van der Waals surface area (Å²) >= 11 is 3.37. The molecule has 0 spiro atoms. The smallest absolute Gasteiger partial charge is 0.0590 e. The van der Waals surface area contributed by atoms with Crippen LogP contribution in [0.1, 0.15) is 5.56 Å². The Hall–Kier alpha value is -0.320. The van der Waals surface area contributed by atoms with Gasteiger partial charge in [-0.3, -0.25) is 0 Å². The average molecular weight is 228 g/mol. The van der Waals surface area contributed by atoms with E-state index in [9.17, 15) is 0 Å². The van der Waals surface area contributed by atoms with E-state index in [-0.39, 0.29) is 0 Å². The van der Waals surface area contributed by atoms with Crippen LogP contribution in [0.3, 0.4) is 0 Å². The second kappa shape index (κ2) is 5.53. The lowest BCUT2D eigenvalue weighted by atomic mass is 10.1. The minimum Gasteiger partial charge on any atom is -0.397 e. The Labute approximate surface area is 93.8 Å². The molecule has 14 heavy (non-hydrogen) atoms. The summed E-state index contributed by atoms with van der Waals surface area (Å²) in [6.07, 6.45) is 5.01. The number of benzene rings is 1. The van der Waals surface area contributed by atoms with Gasteiger partial charge in [-0.15, -0.1) is 23.5 Å². The lowest BCUT2D eigenvalue weighted by Crippen LogP contribution is -2.04. The molecule has 0 bridgehead atoms. The van der Waals surface area contributed by atoms with Crippen LogP contribution in [0, 0.1) is 0 Å². The van der Waals surface area contributed by atoms with Crippen molar-refractivity contribution in [2.24, 2.45) is 5.73 Å². The number of nitrogen functional groups attached to an aromatic ring is 1. The van der Waals surface area contributed by atoms with E-state index in [4.69, 9.17) is 11.5 Å². The molecule has 2 nitrogen and oxygen atoms in total. The van der Waals surface area contributed by atoms with Crippen LogP contribution in [0.2, 0.25) is 0 Å². The largest absolute Gasteiger partial charge is 0.397 e. The fourth-order valence-corrected chi connectivity index (χ4v) is 2.57. The van der Waals surface area contributed by atoms with Crippen molar-refractivity contribution >= 4 is 29.2 Å². The Balaban J connectivity index is 3.11. The molecular weight excluding hydrogens is 212 g/mol. The summed E-state index contributed by atoms with van der Waals surface area (Å²) in [5, 5.41) is 0. The van der Waals surface area contributed by atoms with E-state index in [1.165, 1.54) is 5.56 Å². The molecule has 0 unspecified atom stereocenters. The van der Waals surface area contributed by atoms with Gasteiger partial charge >= 0.3 is 0 Å². The monoisotopic (exact) mass is 228 g/mol. The predicted molar refractivity (Wildman–Crippen MR) is 67.2 cm³/mol. The molecule has 0 aliphatic heterocycles. The lowest BCUT2D eigenvalue weighted by Gasteiger charge is -2.10. The van der Waals surface area contributed by atoms with Gasteiger partial charge in [-0.1, -0.05) is 0 Å². The van der Waals surface area contributed by atoms with E-state index in [0.717, 1.165) is 21.9 Å². The second-order valence-corrected chi connectivity index (χ2v) is 4.65. The first-order valence-electron chi connectivity index (χ1n) is 4.43. The molecule has 1 aromatic rings. The third kappa shape index (κ3) is 2.59. The summed E-state index contributed by atoms with van der Waals surface area (Å²) in [5.41, 5.74) is 13.7. The van der Waals surface area contributed by atoms with Crippen LogP contribution < -0.4 is 11.5 Å². The molecule has 1 aromatic carbocycles. The Morgan fingerprint density at radius 3 is 2.00 bits per heavy atom. The van der Waals surface area contributed by atoms with Crippen LogP contribution >= 0.6 is 23.5 Å². The second-order valence-electron chi connectivity index (χ2n) is 2.95. The molecular formula is C10H16N2S2. The summed E-state index contributed by atoms with van der Waals surface area (Å²) < 4.78 is 0. The van der Waals surface area contributed by atoms with Gasteiger partial charge in [0.2, 0.25) is 0 Å². The van der Waals surface area contributed by atoms with Gasteiger partial charge in [-0.25, -0.2) is 0 Å². The Morgan fingerprint density at radius 1 is 1.14 bits per heavy atom. The normalized spacial score (nSPS) is 10.5. The predicted octanol–water partition coefficient (Wildman–Crippen LogP) is 2.21. The molecule has 0 radical (unpaired) electrons. The molecule has 4 heteroatoms. The van der Waals surface area contributed by atoms with Crippen molar-refractivity contribution in [1.29, 1.82) is 0 Å². The quantitative estimate of drug-likeness (QED) is 0.613. The van der Waals surface area contributed by atoms with Crippen molar-refractivity contribution < 1.29 is 0 Å². The highest BCUT2D eigenvalue weighted by atomic mass is 32.2. The minimum atomic E-state index is 0.686. The molecule has 0 aliphatic carbocycles. The zero-order valence-corrected chi connectivity index (χ0v) is 10.2. The first-order valence-corrected chi connectivity index (χ1v) is 6.88. The number of thioether (sulfide) groups is 2. The van der Waals surface area contributed by atoms with E-state index in [1.807, 2.05) is 12.5 Å². The molecule has 78 valence electrons. The summed E-state index contributed by atoms with van der Waals surface area (Å²) in [6, 6.07) is 4.26. The van der Waals surface area contributed by atoms with Crippen molar-refractivity contribution in [3.8, 4) is 0 Å². The first kappa shape index (κ1) is 11.8. The van der Waals surface area contributed by atoms with E-state index < -0.39 is 0 Å². The topological polar surface area (TPSA) is 52.0 Å². The summed E-state index contributed by atoms with van der Waals surface area (Å²) in [5.74, 6) is 0. The Morgan fingerprint density at radius 2 is 1.64 bits per heavy atom. The lowest BCUT2D eigenvalue weighted by molar-refractivity contribution is 0.958. The molecule has 1 rings (SSSR count). The van der Waals surface area contributed by atoms with Gasteiger partial charge in [0.1, 0.15) is 0 Å². The van der Waals surface area contributed by atoms with E-state index in [2.05, 4.69) is 12.1 Å². The number of rotatable bonds is 4. The number of hydrogen-bond acceptors (Lipinski definition) is 4. The van der Waals surface area contributed by atoms with Gasteiger partial charge in [0.25, 0.3) is 0 Å². The highest BCUT2D eigenvalue weighted by Gasteiger charge is 2.06.